The van der Waals surface area contributed by atoms with Crippen LogP contribution < -0.4 is 15.0 Å². The number of hydrogen-bond acceptors (Lipinski definition) is 10. The summed E-state index contributed by atoms with van der Waals surface area (Å²) in [6.07, 6.45) is 3.84. The Balaban J connectivity index is 1.21. The number of piperazine rings is 1. The second-order valence-electron chi connectivity index (χ2n) is 12.3. The molecule has 1 saturated heterocycles. The van der Waals surface area contributed by atoms with E-state index in [2.05, 4.69) is 58.8 Å². The Morgan fingerprint density at radius 2 is 1.73 bits per heavy atom. The molecule has 44 heavy (non-hydrogen) atoms. The van der Waals surface area contributed by atoms with E-state index in [9.17, 15) is 9.59 Å². The summed E-state index contributed by atoms with van der Waals surface area (Å²) in [5, 5.41) is 21.2. The Morgan fingerprint density at radius 3 is 2.34 bits per heavy atom. The van der Waals surface area contributed by atoms with E-state index in [1.807, 2.05) is 0 Å². The van der Waals surface area contributed by atoms with Gasteiger partial charge in [0, 0.05) is 74.7 Å². The summed E-state index contributed by atoms with van der Waals surface area (Å²) < 4.78 is 16.8. The summed E-state index contributed by atoms with van der Waals surface area (Å²) in [6, 6.07) is 6.93. The number of aliphatic carboxylic acids is 1. The van der Waals surface area contributed by atoms with Gasteiger partial charge in [0.2, 0.25) is 5.95 Å². The number of carboxylic acid groups (broad SMARTS) is 1. The number of ether oxygens (including phenoxy) is 3. The Morgan fingerprint density at radius 1 is 1.07 bits per heavy atom. The van der Waals surface area contributed by atoms with E-state index in [0.717, 1.165) is 39.1 Å². The monoisotopic (exact) mass is 628 g/mol. The third kappa shape index (κ3) is 7.95. The number of carbonyl (C=O) groups is 2. The number of anilines is 1. The van der Waals surface area contributed by atoms with Crippen LogP contribution in [0, 0.1) is 22.2 Å². The number of amides is 1. The molecule has 12 nitrogen and oxygen atoms in total. The first-order chi connectivity index (χ1) is 20.9. The fraction of sp³-hybridized carbons (Fsp3) is 0.581. The van der Waals surface area contributed by atoms with Gasteiger partial charge < -0.3 is 29.5 Å². The number of carbonyl (C=O) groups excluding carboxylic acids is 1. The van der Waals surface area contributed by atoms with E-state index in [-0.39, 0.29) is 42.1 Å². The fourth-order valence-electron chi connectivity index (χ4n) is 6.35. The van der Waals surface area contributed by atoms with E-state index in [0.29, 0.717) is 41.1 Å². The van der Waals surface area contributed by atoms with E-state index in [1.54, 1.807) is 30.6 Å². The van der Waals surface area contributed by atoms with Crippen molar-refractivity contribution < 1.29 is 28.9 Å². The first kappa shape index (κ1) is 33.4. The predicted octanol–water partition coefficient (Wildman–Crippen LogP) is 3.24. The maximum atomic E-state index is 13.2. The summed E-state index contributed by atoms with van der Waals surface area (Å²) in [4.78, 5) is 37.1. The first-order valence-electron chi connectivity index (χ1n) is 14.8. The Kier molecular flexibility index (Phi) is 11.0. The summed E-state index contributed by atoms with van der Waals surface area (Å²) in [5.74, 6) is -0.0309. The first-order valence-corrected chi connectivity index (χ1v) is 15.1. The quantitative estimate of drug-likeness (QED) is 0.297. The highest BCUT2D eigenvalue weighted by molar-refractivity contribution is 6.31. The van der Waals surface area contributed by atoms with Crippen LogP contribution in [0.25, 0.3) is 0 Å². The van der Waals surface area contributed by atoms with E-state index in [4.69, 9.17) is 36.2 Å². The number of rotatable bonds is 14. The van der Waals surface area contributed by atoms with Gasteiger partial charge in [0.25, 0.3) is 5.91 Å². The lowest BCUT2D eigenvalue weighted by Crippen LogP contribution is -2.74. The Hall–Kier alpha value is -3.50. The second kappa shape index (κ2) is 14.5. The number of aromatic nitrogens is 2. The van der Waals surface area contributed by atoms with Crippen molar-refractivity contribution in [2.45, 2.75) is 46.3 Å². The number of nitrogens with zero attached hydrogens (tertiary/aromatic N) is 5. The van der Waals surface area contributed by atoms with Gasteiger partial charge in [-0.05, 0) is 18.6 Å². The average molecular weight is 629 g/mol. The number of benzene rings is 1. The zero-order chi connectivity index (χ0) is 31.9. The van der Waals surface area contributed by atoms with Crippen molar-refractivity contribution in [2.24, 2.45) is 10.8 Å². The molecule has 2 aromatic rings. The van der Waals surface area contributed by atoms with Crippen LogP contribution in [0.1, 0.15) is 50.0 Å². The van der Waals surface area contributed by atoms with Crippen LogP contribution in [0.4, 0.5) is 5.95 Å². The molecule has 0 spiro atoms. The standard InChI is InChI=1S/C31H41ClN6O6/c1-30(2)27(31(3,4)28(30)44-23-7-6-21(17-33)24(32)16-23)36-26(41)22-18-34-29(35-19-22)38-11-9-37(10-12-38)8-5-13-42-14-15-43-20-25(39)40/h6-7,16,18-19,27-28H,5,8-15,20H2,1-4H3,(H,36,41)(H,39,40). The second-order valence-corrected chi connectivity index (χ2v) is 12.7. The van der Waals surface area contributed by atoms with Crippen molar-refractivity contribution in [3.63, 3.8) is 0 Å². The van der Waals surface area contributed by atoms with E-state index >= 15 is 0 Å². The minimum Gasteiger partial charge on any atom is -0.489 e. The molecule has 13 heteroatoms. The van der Waals surface area contributed by atoms with Gasteiger partial charge in [-0.3, -0.25) is 9.69 Å². The molecule has 2 aliphatic rings. The largest absolute Gasteiger partial charge is 0.489 e. The normalized spacial score (nSPS) is 20.8. The summed E-state index contributed by atoms with van der Waals surface area (Å²) in [6.45, 7) is 13.4. The maximum absolute atomic E-state index is 13.2. The molecule has 1 amide bonds. The lowest BCUT2D eigenvalue weighted by Gasteiger charge is -2.63. The highest BCUT2D eigenvalue weighted by Crippen LogP contribution is 2.55. The molecule has 1 aliphatic heterocycles. The third-order valence-corrected chi connectivity index (χ3v) is 8.66. The fourth-order valence-corrected chi connectivity index (χ4v) is 6.57. The van der Waals surface area contributed by atoms with Crippen molar-refractivity contribution in [1.82, 2.24) is 20.2 Å². The van der Waals surface area contributed by atoms with Gasteiger partial charge in [-0.15, -0.1) is 0 Å². The number of hydrogen-bond donors (Lipinski definition) is 2. The van der Waals surface area contributed by atoms with Gasteiger partial charge in [0.05, 0.1) is 29.4 Å². The predicted molar refractivity (Wildman–Crippen MR) is 164 cm³/mol. The number of nitriles is 1. The van der Waals surface area contributed by atoms with Gasteiger partial charge in [-0.2, -0.15) is 5.26 Å². The molecule has 1 aromatic heterocycles. The van der Waals surface area contributed by atoms with Gasteiger partial charge in [-0.1, -0.05) is 39.3 Å². The minimum absolute atomic E-state index is 0.162. The molecule has 1 aromatic carbocycles. The van der Waals surface area contributed by atoms with Crippen molar-refractivity contribution in [1.29, 1.82) is 5.26 Å². The number of nitrogens with one attached hydrogen (secondary N) is 1. The van der Waals surface area contributed by atoms with Crippen molar-refractivity contribution in [3.05, 3.63) is 46.7 Å². The number of halogens is 1. The van der Waals surface area contributed by atoms with Gasteiger partial charge in [0.15, 0.2) is 0 Å². The van der Waals surface area contributed by atoms with Crippen LogP contribution in [0.15, 0.2) is 30.6 Å². The van der Waals surface area contributed by atoms with E-state index in [1.165, 1.54) is 0 Å². The Bertz CT molecular complexity index is 1320. The van der Waals surface area contributed by atoms with Crippen LogP contribution in [0.3, 0.4) is 0 Å². The van der Waals surface area contributed by atoms with Crippen LogP contribution in [0.5, 0.6) is 5.75 Å². The summed E-state index contributed by atoms with van der Waals surface area (Å²) in [7, 11) is 0. The highest BCUT2D eigenvalue weighted by Gasteiger charge is 2.64. The molecule has 4 rings (SSSR count). The van der Waals surface area contributed by atoms with Crippen molar-refractivity contribution in [2.75, 3.05) is 64.1 Å². The molecular weight excluding hydrogens is 588 g/mol. The molecule has 0 unspecified atom stereocenters. The minimum atomic E-state index is -0.984. The Labute approximate surface area is 263 Å². The summed E-state index contributed by atoms with van der Waals surface area (Å²) >= 11 is 6.20. The molecule has 0 atom stereocenters. The van der Waals surface area contributed by atoms with Crippen LogP contribution in [-0.4, -0.2) is 103 Å². The molecule has 2 fully saturated rings. The van der Waals surface area contributed by atoms with Gasteiger partial charge in [0.1, 0.15) is 24.5 Å². The molecule has 2 N–H and O–H groups in total. The highest BCUT2D eigenvalue weighted by atomic mass is 35.5. The molecule has 0 radical (unpaired) electrons. The van der Waals surface area contributed by atoms with E-state index < -0.39 is 5.97 Å². The number of carboxylic acids is 1. The molecular formula is C31H41ClN6O6. The van der Waals surface area contributed by atoms with Crippen LogP contribution >= 0.6 is 11.6 Å². The van der Waals surface area contributed by atoms with Crippen LogP contribution in [0.2, 0.25) is 5.02 Å². The van der Waals surface area contributed by atoms with Gasteiger partial charge in [-0.25, -0.2) is 14.8 Å². The zero-order valence-corrected chi connectivity index (χ0v) is 26.5. The van der Waals surface area contributed by atoms with Crippen molar-refractivity contribution >= 4 is 29.4 Å². The lowest BCUT2D eigenvalue weighted by molar-refractivity contribution is -0.164. The van der Waals surface area contributed by atoms with Gasteiger partial charge >= 0.3 is 5.97 Å². The lowest BCUT2D eigenvalue weighted by atomic mass is 9.49. The molecule has 238 valence electrons. The zero-order valence-electron chi connectivity index (χ0n) is 25.7. The summed E-state index contributed by atoms with van der Waals surface area (Å²) in [5.41, 5.74) is 0.0470. The van der Waals surface area contributed by atoms with Crippen molar-refractivity contribution in [3.8, 4) is 11.8 Å². The SMILES string of the molecule is CC1(C)C(NC(=O)c2cnc(N3CCN(CCCOCCOCC(=O)O)CC3)nc2)C(C)(C)C1Oc1ccc(C#N)c(Cl)c1. The maximum Gasteiger partial charge on any atom is 0.329 e. The molecule has 1 aliphatic carbocycles. The average Bonchev–Trinajstić information content (AvgIpc) is 3.00. The van der Waals surface area contributed by atoms with Crippen LogP contribution in [-0.2, 0) is 14.3 Å². The third-order valence-electron chi connectivity index (χ3n) is 8.35. The smallest absolute Gasteiger partial charge is 0.329 e. The molecule has 0 bridgehead atoms. The topological polar surface area (TPSA) is 150 Å². The molecule has 2 heterocycles. The molecule has 1 saturated carbocycles.